The molecule has 5 nitrogen and oxygen atoms in total. The third-order valence-electron chi connectivity index (χ3n) is 4.83. The monoisotopic (exact) mass is 336 g/mol. The van der Waals surface area contributed by atoms with Crippen LogP contribution in [0.15, 0.2) is 48.5 Å². The van der Waals surface area contributed by atoms with Crippen LogP contribution in [-0.2, 0) is 13.1 Å². The fourth-order valence-electron chi connectivity index (χ4n) is 3.50. The highest BCUT2D eigenvalue weighted by Crippen LogP contribution is 2.23. The third-order valence-corrected chi connectivity index (χ3v) is 4.83. The van der Waals surface area contributed by atoms with Crippen molar-refractivity contribution in [2.75, 3.05) is 33.3 Å². The molecule has 0 radical (unpaired) electrons. The van der Waals surface area contributed by atoms with Crippen LogP contribution in [-0.4, -0.2) is 47.7 Å². The molecule has 1 saturated heterocycles. The molecule has 1 N–H and O–H groups in total. The number of benzene rings is 2. The van der Waals surface area contributed by atoms with Crippen molar-refractivity contribution in [1.82, 2.24) is 19.8 Å². The summed E-state index contributed by atoms with van der Waals surface area (Å²) >= 11 is 0. The minimum Gasteiger partial charge on any atom is -0.496 e. The molecule has 0 amide bonds. The molecule has 1 aliphatic heterocycles. The molecule has 3 aromatic rings. The Labute approximate surface area is 148 Å². The second-order valence-corrected chi connectivity index (χ2v) is 6.44. The van der Waals surface area contributed by atoms with Gasteiger partial charge in [-0.05, 0) is 18.2 Å². The Kier molecular flexibility index (Phi) is 4.68. The van der Waals surface area contributed by atoms with Crippen molar-refractivity contribution in [3.63, 3.8) is 0 Å². The Morgan fingerprint density at radius 3 is 2.60 bits per heavy atom. The van der Waals surface area contributed by atoms with E-state index in [9.17, 15) is 0 Å². The van der Waals surface area contributed by atoms with Gasteiger partial charge in [-0.2, -0.15) is 0 Å². The summed E-state index contributed by atoms with van der Waals surface area (Å²) in [7, 11) is 1.73. The molecular formula is C20H24N4O. The van der Waals surface area contributed by atoms with Gasteiger partial charge >= 0.3 is 0 Å². The van der Waals surface area contributed by atoms with Crippen molar-refractivity contribution >= 4 is 11.0 Å². The molecule has 0 atom stereocenters. The standard InChI is InChI=1S/C20H24N4O/c1-25-19-9-5-2-6-16(19)14-24-18-8-4-3-7-17(18)22-20(24)15-23-12-10-21-11-13-23/h2-9,21H,10-15H2,1H3. The van der Waals surface area contributed by atoms with Gasteiger partial charge < -0.3 is 14.6 Å². The maximum Gasteiger partial charge on any atom is 0.124 e. The Balaban J connectivity index is 1.71. The van der Waals surface area contributed by atoms with E-state index >= 15 is 0 Å². The van der Waals surface area contributed by atoms with Crippen LogP contribution in [0.25, 0.3) is 11.0 Å². The summed E-state index contributed by atoms with van der Waals surface area (Å²) in [5.41, 5.74) is 3.41. The number of nitrogens with zero attached hydrogens (tertiary/aromatic N) is 3. The number of imidazole rings is 1. The number of para-hydroxylation sites is 3. The number of ether oxygens (including phenoxy) is 1. The number of fused-ring (bicyclic) bond motifs is 1. The molecule has 0 saturated carbocycles. The lowest BCUT2D eigenvalue weighted by Crippen LogP contribution is -2.43. The topological polar surface area (TPSA) is 42.3 Å². The van der Waals surface area contributed by atoms with Gasteiger partial charge in [0.1, 0.15) is 11.6 Å². The molecule has 130 valence electrons. The van der Waals surface area contributed by atoms with Crippen LogP contribution in [0.2, 0.25) is 0 Å². The Morgan fingerprint density at radius 2 is 1.76 bits per heavy atom. The Morgan fingerprint density at radius 1 is 1.00 bits per heavy atom. The summed E-state index contributed by atoms with van der Waals surface area (Å²) in [5.74, 6) is 2.04. The van der Waals surface area contributed by atoms with E-state index in [0.717, 1.165) is 56.4 Å². The van der Waals surface area contributed by atoms with Gasteiger partial charge in [-0.3, -0.25) is 4.90 Å². The number of hydrogen-bond donors (Lipinski definition) is 1. The van der Waals surface area contributed by atoms with E-state index in [0.29, 0.717) is 0 Å². The molecule has 5 heteroatoms. The number of aromatic nitrogens is 2. The number of nitrogens with one attached hydrogen (secondary N) is 1. The van der Waals surface area contributed by atoms with E-state index in [1.165, 1.54) is 11.1 Å². The average molecular weight is 336 g/mol. The van der Waals surface area contributed by atoms with Crippen molar-refractivity contribution in [3.8, 4) is 5.75 Å². The van der Waals surface area contributed by atoms with E-state index in [1.807, 2.05) is 12.1 Å². The molecule has 1 fully saturated rings. The molecule has 1 aliphatic rings. The van der Waals surface area contributed by atoms with Gasteiger partial charge in [-0.15, -0.1) is 0 Å². The molecule has 2 heterocycles. The molecule has 0 unspecified atom stereocenters. The fourth-order valence-corrected chi connectivity index (χ4v) is 3.50. The molecule has 1 aromatic heterocycles. The lowest BCUT2D eigenvalue weighted by Gasteiger charge is -2.27. The third kappa shape index (κ3) is 3.38. The fraction of sp³-hybridized carbons (Fsp3) is 0.350. The van der Waals surface area contributed by atoms with Gasteiger partial charge in [0.2, 0.25) is 0 Å². The summed E-state index contributed by atoms with van der Waals surface area (Å²) in [6.45, 7) is 5.88. The van der Waals surface area contributed by atoms with Crippen LogP contribution in [0, 0.1) is 0 Å². The maximum absolute atomic E-state index is 5.54. The zero-order chi connectivity index (χ0) is 17.1. The maximum atomic E-state index is 5.54. The highest BCUT2D eigenvalue weighted by Gasteiger charge is 2.17. The van der Waals surface area contributed by atoms with Gasteiger partial charge in [0, 0.05) is 31.7 Å². The first-order valence-electron chi connectivity index (χ1n) is 8.84. The van der Waals surface area contributed by atoms with Crippen LogP contribution in [0.5, 0.6) is 5.75 Å². The normalized spacial score (nSPS) is 15.6. The molecule has 4 rings (SSSR count). The van der Waals surface area contributed by atoms with Gasteiger partial charge in [0.05, 0.1) is 31.2 Å². The predicted molar refractivity (Wildman–Crippen MR) is 100.0 cm³/mol. The van der Waals surface area contributed by atoms with Crippen molar-refractivity contribution in [2.24, 2.45) is 0 Å². The number of methoxy groups -OCH3 is 1. The van der Waals surface area contributed by atoms with Crippen molar-refractivity contribution in [1.29, 1.82) is 0 Å². The van der Waals surface area contributed by atoms with E-state index < -0.39 is 0 Å². The van der Waals surface area contributed by atoms with Crippen LogP contribution < -0.4 is 10.1 Å². The summed E-state index contributed by atoms with van der Waals surface area (Å²) in [5, 5.41) is 3.41. The molecule has 0 bridgehead atoms. The quantitative estimate of drug-likeness (QED) is 0.777. The lowest BCUT2D eigenvalue weighted by atomic mass is 10.2. The molecular weight excluding hydrogens is 312 g/mol. The highest BCUT2D eigenvalue weighted by molar-refractivity contribution is 5.76. The van der Waals surface area contributed by atoms with Gasteiger partial charge in [0.25, 0.3) is 0 Å². The lowest BCUT2D eigenvalue weighted by molar-refractivity contribution is 0.226. The van der Waals surface area contributed by atoms with Crippen molar-refractivity contribution < 1.29 is 4.74 Å². The second-order valence-electron chi connectivity index (χ2n) is 6.44. The SMILES string of the molecule is COc1ccccc1Cn1c(CN2CCNCC2)nc2ccccc21. The second kappa shape index (κ2) is 7.25. The number of rotatable bonds is 5. The van der Waals surface area contributed by atoms with E-state index in [1.54, 1.807) is 7.11 Å². The van der Waals surface area contributed by atoms with E-state index in [-0.39, 0.29) is 0 Å². The first-order valence-corrected chi connectivity index (χ1v) is 8.84. The molecule has 0 spiro atoms. The largest absolute Gasteiger partial charge is 0.496 e. The van der Waals surface area contributed by atoms with Crippen LogP contribution in [0.1, 0.15) is 11.4 Å². The zero-order valence-corrected chi connectivity index (χ0v) is 14.6. The Bertz CT molecular complexity index is 852. The van der Waals surface area contributed by atoms with Crippen molar-refractivity contribution in [3.05, 3.63) is 59.9 Å². The number of piperazine rings is 1. The first kappa shape index (κ1) is 16.1. The first-order chi connectivity index (χ1) is 12.3. The Hall–Kier alpha value is -2.37. The molecule has 25 heavy (non-hydrogen) atoms. The molecule has 0 aliphatic carbocycles. The summed E-state index contributed by atoms with van der Waals surface area (Å²) < 4.78 is 7.87. The summed E-state index contributed by atoms with van der Waals surface area (Å²) in [6.07, 6.45) is 0. The number of hydrogen-bond acceptors (Lipinski definition) is 4. The van der Waals surface area contributed by atoms with Crippen LogP contribution in [0.4, 0.5) is 0 Å². The predicted octanol–water partition coefficient (Wildman–Crippen LogP) is 2.50. The highest BCUT2D eigenvalue weighted by atomic mass is 16.5. The summed E-state index contributed by atoms with van der Waals surface area (Å²) in [6, 6.07) is 16.6. The summed E-state index contributed by atoms with van der Waals surface area (Å²) in [4.78, 5) is 7.39. The van der Waals surface area contributed by atoms with Gasteiger partial charge in [-0.1, -0.05) is 30.3 Å². The zero-order valence-electron chi connectivity index (χ0n) is 14.6. The average Bonchev–Trinajstić information content (AvgIpc) is 3.00. The minimum absolute atomic E-state index is 0.770. The van der Waals surface area contributed by atoms with E-state index in [4.69, 9.17) is 9.72 Å². The van der Waals surface area contributed by atoms with Gasteiger partial charge in [-0.25, -0.2) is 4.98 Å². The van der Waals surface area contributed by atoms with Gasteiger partial charge in [0.15, 0.2) is 0 Å². The van der Waals surface area contributed by atoms with Crippen LogP contribution in [0.3, 0.4) is 0 Å². The molecule has 2 aromatic carbocycles. The smallest absolute Gasteiger partial charge is 0.124 e. The van der Waals surface area contributed by atoms with Crippen molar-refractivity contribution in [2.45, 2.75) is 13.1 Å². The van der Waals surface area contributed by atoms with Crippen LogP contribution >= 0.6 is 0 Å². The minimum atomic E-state index is 0.770. The van der Waals surface area contributed by atoms with E-state index in [2.05, 4.69) is 51.2 Å².